The molecule has 19 heavy (non-hydrogen) atoms. The highest BCUT2D eigenvalue weighted by Gasteiger charge is 2.10. The lowest BCUT2D eigenvalue weighted by molar-refractivity contribution is -0.142. The van der Waals surface area contributed by atoms with Crippen molar-refractivity contribution < 1.29 is 9.53 Å². The second-order valence-corrected chi connectivity index (χ2v) is 4.44. The first-order valence-corrected chi connectivity index (χ1v) is 7.09. The summed E-state index contributed by atoms with van der Waals surface area (Å²) in [6.07, 6.45) is 5.70. The fraction of sp³-hybridized carbons (Fsp3) is 0.600. The number of carbonyl (C=O) groups is 1. The third-order valence-corrected chi connectivity index (χ3v) is 2.90. The summed E-state index contributed by atoms with van der Waals surface area (Å²) in [5.74, 6) is 0.793. The van der Waals surface area contributed by atoms with E-state index in [0.717, 1.165) is 18.8 Å². The third-order valence-electron chi connectivity index (χ3n) is 2.90. The highest BCUT2D eigenvalue weighted by molar-refractivity contribution is 5.70. The van der Waals surface area contributed by atoms with Gasteiger partial charge < -0.3 is 9.64 Å². The van der Waals surface area contributed by atoms with E-state index in [0.29, 0.717) is 19.6 Å². The Morgan fingerprint density at radius 1 is 1.26 bits per heavy atom. The standard InChI is InChI=1S/C15H24N2O2/c1-3-5-8-12-17(13-10-15(18)19-4-2)14-9-6-7-11-16-14/h6-7,9,11H,3-5,8,10,12-13H2,1-2H3. The first kappa shape index (κ1) is 15.5. The molecule has 0 saturated heterocycles. The van der Waals surface area contributed by atoms with Gasteiger partial charge in [-0.25, -0.2) is 4.98 Å². The molecule has 0 aliphatic heterocycles. The lowest BCUT2D eigenvalue weighted by Crippen LogP contribution is -2.28. The van der Waals surface area contributed by atoms with Crippen molar-refractivity contribution in [2.75, 3.05) is 24.6 Å². The highest BCUT2D eigenvalue weighted by Crippen LogP contribution is 2.11. The largest absolute Gasteiger partial charge is 0.466 e. The SMILES string of the molecule is CCCCCN(CCC(=O)OCC)c1ccccn1. The minimum Gasteiger partial charge on any atom is -0.466 e. The van der Waals surface area contributed by atoms with Crippen molar-refractivity contribution in [2.24, 2.45) is 0 Å². The fourth-order valence-corrected chi connectivity index (χ4v) is 1.89. The van der Waals surface area contributed by atoms with Crippen molar-refractivity contribution in [3.8, 4) is 0 Å². The zero-order valence-corrected chi connectivity index (χ0v) is 12.0. The van der Waals surface area contributed by atoms with E-state index in [1.165, 1.54) is 12.8 Å². The molecule has 106 valence electrons. The molecule has 0 saturated carbocycles. The van der Waals surface area contributed by atoms with Crippen molar-refractivity contribution >= 4 is 11.8 Å². The van der Waals surface area contributed by atoms with E-state index in [2.05, 4.69) is 16.8 Å². The smallest absolute Gasteiger partial charge is 0.307 e. The number of aromatic nitrogens is 1. The molecule has 4 nitrogen and oxygen atoms in total. The quantitative estimate of drug-likeness (QED) is 0.508. The predicted octanol–water partition coefficient (Wildman–Crippen LogP) is 3.03. The Bertz CT molecular complexity index is 354. The Morgan fingerprint density at radius 3 is 2.74 bits per heavy atom. The summed E-state index contributed by atoms with van der Waals surface area (Å²) in [6.45, 7) is 6.06. The molecule has 1 rings (SSSR count). The van der Waals surface area contributed by atoms with Crippen molar-refractivity contribution in [2.45, 2.75) is 39.5 Å². The van der Waals surface area contributed by atoms with Crippen molar-refractivity contribution in [3.05, 3.63) is 24.4 Å². The van der Waals surface area contributed by atoms with Gasteiger partial charge in [0.05, 0.1) is 13.0 Å². The summed E-state index contributed by atoms with van der Waals surface area (Å²) in [4.78, 5) is 18.0. The number of unbranched alkanes of at least 4 members (excludes halogenated alkanes) is 2. The zero-order valence-electron chi connectivity index (χ0n) is 12.0. The van der Waals surface area contributed by atoms with Crippen molar-refractivity contribution in [1.29, 1.82) is 0 Å². The second kappa shape index (κ2) is 9.36. The maximum atomic E-state index is 11.4. The molecule has 0 unspecified atom stereocenters. The number of hydrogen-bond donors (Lipinski definition) is 0. The highest BCUT2D eigenvalue weighted by atomic mass is 16.5. The van der Waals surface area contributed by atoms with Gasteiger partial charge in [-0.15, -0.1) is 0 Å². The van der Waals surface area contributed by atoms with Gasteiger partial charge in [-0.2, -0.15) is 0 Å². The molecule has 0 bridgehead atoms. The molecule has 1 aromatic heterocycles. The maximum Gasteiger partial charge on any atom is 0.307 e. The van der Waals surface area contributed by atoms with Gasteiger partial charge in [-0.1, -0.05) is 25.8 Å². The van der Waals surface area contributed by atoms with Crippen LogP contribution >= 0.6 is 0 Å². The Kier molecular flexibility index (Phi) is 7.63. The van der Waals surface area contributed by atoms with Crippen LogP contribution in [0.2, 0.25) is 0 Å². The summed E-state index contributed by atoms with van der Waals surface area (Å²) in [5, 5.41) is 0. The van der Waals surface area contributed by atoms with Crippen LogP contribution in [0.4, 0.5) is 5.82 Å². The van der Waals surface area contributed by atoms with Gasteiger partial charge in [0.2, 0.25) is 0 Å². The Balaban J connectivity index is 2.52. The Labute approximate surface area is 115 Å². The molecule has 1 aromatic rings. The van der Waals surface area contributed by atoms with Crippen LogP contribution in [-0.2, 0) is 9.53 Å². The molecular weight excluding hydrogens is 240 g/mol. The summed E-state index contributed by atoms with van der Waals surface area (Å²) in [6, 6.07) is 5.86. The number of hydrogen-bond acceptors (Lipinski definition) is 4. The Morgan fingerprint density at radius 2 is 2.11 bits per heavy atom. The molecule has 0 amide bonds. The number of ether oxygens (including phenoxy) is 1. The summed E-state index contributed by atoms with van der Waals surface area (Å²) in [5.41, 5.74) is 0. The molecule has 0 spiro atoms. The van der Waals surface area contributed by atoms with E-state index in [1.807, 2.05) is 25.1 Å². The van der Waals surface area contributed by atoms with Gasteiger partial charge in [-0.3, -0.25) is 4.79 Å². The molecular formula is C15H24N2O2. The number of carbonyl (C=O) groups excluding carboxylic acids is 1. The summed E-state index contributed by atoms with van der Waals surface area (Å²) >= 11 is 0. The molecule has 0 fully saturated rings. The van der Waals surface area contributed by atoms with Crippen LogP contribution in [-0.4, -0.2) is 30.6 Å². The average molecular weight is 264 g/mol. The van der Waals surface area contributed by atoms with Gasteiger partial charge in [0.15, 0.2) is 0 Å². The number of nitrogens with zero attached hydrogens (tertiary/aromatic N) is 2. The predicted molar refractivity (Wildman–Crippen MR) is 77.2 cm³/mol. The molecule has 0 N–H and O–H groups in total. The maximum absolute atomic E-state index is 11.4. The van der Waals surface area contributed by atoms with Gasteiger partial charge in [-0.05, 0) is 25.5 Å². The van der Waals surface area contributed by atoms with Crippen LogP contribution in [0.1, 0.15) is 39.5 Å². The van der Waals surface area contributed by atoms with Crippen LogP contribution in [0.25, 0.3) is 0 Å². The van der Waals surface area contributed by atoms with Crippen molar-refractivity contribution in [1.82, 2.24) is 4.98 Å². The molecule has 0 radical (unpaired) electrons. The van der Waals surface area contributed by atoms with Gasteiger partial charge in [0.1, 0.15) is 5.82 Å². The molecule has 0 aliphatic rings. The van der Waals surface area contributed by atoms with Gasteiger partial charge >= 0.3 is 5.97 Å². The molecule has 0 aliphatic carbocycles. The van der Waals surface area contributed by atoms with E-state index in [1.54, 1.807) is 6.20 Å². The average Bonchev–Trinajstić information content (AvgIpc) is 2.44. The minimum atomic E-state index is -0.140. The first-order valence-electron chi connectivity index (χ1n) is 7.09. The van der Waals surface area contributed by atoms with E-state index in [4.69, 9.17) is 4.74 Å². The van der Waals surface area contributed by atoms with Crippen LogP contribution in [0, 0.1) is 0 Å². The second-order valence-electron chi connectivity index (χ2n) is 4.44. The van der Waals surface area contributed by atoms with Crippen LogP contribution < -0.4 is 4.90 Å². The van der Waals surface area contributed by atoms with Crippen LogP contribution in [0.15, 0.2) is 24.4 Å². The van der Waals surface area contributed by atoms with Crippen LogP contribution in [0.3, 0.4) is 0 Å². The number of esters is 1. The topological polar surface area (TPSA) is 42.4 Å². The normalized spacial score (nSPS) is 10.2. The van der Waals surface area contributed by atoms with Gasteiger partial charge in [0, 0.05) is 19.3 Å². The Hall–Kier alpha value is -1.58. The van der Waals surface area contributed by atoms with E-state index in [9.17, 15) is 4.79 Å². The number of anilines is 1. The summed E-state index contributed by atoms with van der Waals surface area (Å²) in [7, 11) is 0. The molecule has 0 aromatic carbocycles. The first-order chi connectivity index (χ1) is 9.27. The lowest BCUT2D eigenvalue weighted by atomic mass is 10.2. The van der Waals surface area contributed by atoms with Gasteiger partial charge in [0.25, 0.3) is 0 Å². The molecule has 4 heteroatoms. The van der Waals surface area contributed by atoms with E-state index in [-0.39, 0.29) is 5.97 Å². The monoisotopic (exact) mass is 264 g/mol. The third kappa shape index (κ3) is 6.22. The minimum absolute atomic E-state index is 0.140. The van der Waals surface area contributed by atoms with Crippen molar-refractivity contribution in [3.63, 3.8) is 0 Å². The fourth-order valence-electron chi connectivity index (χ4n) is 1.89. The molecule has 1 heterocycles. The lowest BCUT2D eigenvalue weighted by Gasteiger charge is -2.23. The summed E-state index contributed by atoms with van der Waals surface area (Å²) < 4.78 is 4.97. The zero-order chi connectivity index (χ0) is 13.9. The molecule has 0 atom stereocenters. The van der Waals surface area contributed by atoms with E-state index >= 15 is 0 Å². The number of pyridine rings is 1. The van der Waals surface area contributed by atoms with E-state index < -0.39 is 0 Å². The number of rotatable bonds is 9. The van der Waals surface area contributed by atoms with Crippen LogP contribution in [0.5, 0.6) is 0 Å².